The van der Waals surface area contributed by atoms with Crippen molar-refractivity contribution in [2.45, 2.75) is 89.7 Å². The van der Waals surface area contributed by atoms with Gasteiger partial charge in [0.2, 0.25) is 8.03 Å². The molecule has 0 saturated carbocycles. The zero-order valence-corrected chi connectivity index (χ0v) is 16.2. The molecular weight excluding hydrogens is 310 g/mol. The van der Waals surface area contributed by atoms with E-state index in [1.165, 1.54) is 0 Å². The van der Waals surface area contributed by atoms with Crippen molar-refractivity contribution >= 4 is 16.1 Å². The zero-order chi connectivity index (χ0) is 16.9. The van der Waals surface area contributed by atoms with Crippen LogP contribution in [0.4, 0.5) is 0 Å². The van der Waals surface area contributed by atoms with Gasteiger partial charge in [0.1, 0.15) is 5.34 Å². The normalized spacial score (nSPS) is 19.0. The largest absolute Gasteiger partial charge is 0.380 e. The SMILES string of the molecule is CCC(O)(CC)[PH](=O)OC(CC)(CC)C(C)(CC)[PH](=O)O. The highest BCUT2D eigenvalue weighted by molar-refractivity contribution is 7.41. The lowest BCUT2D eigenvalue weighted by Gasteiger charge is -2.46. The first-order valence-electron chi connectivity index (χ1n) is 7.82. The highest BCUT2D eigenvalue weighted by atomic mass is 31.1. The average molecular weight is 342 g/mol. The second kappa shape index (κ2) is 8.26. The van der Waals surface area contributed by atoms with Crippen molar-refractivity contribution in [1.82, 2.24) is 0 Å². The molecule has 0 bridgehead atoms. The first kappa shape index (κ1) is 21.3. The van der Waals surface area contributed by atoms with Crippen molar-refractivity contribution in [2.24, 2.45) is 0 Å². The van der Waals surface area contributed by atoms with Gasteiger partial charge in [0.25, 0.3) is 0 Å². The summed E-state index contributed by atoms with van der Waals surface area (Å²) in [5, 5.41) is 8.10. The van der Waals surface area contributed by atoms with E-state index < -0.39 is 32.2 Å². The van der Waals surface area contributed by atoms with Gasteiger partial charge < -0.3 is 14.5 Å². The maximum atomic E-state index is 12.6. The summed E-state index contributed by atoms with van der Waals surface area (Å²) >= 11 is 0. The van der Waals surface area contributed by atoms with Crippen LogP contribution in [0, 0.1) is 0 Å². The standard InChI is InChI=1S/C14H32O5P2/c1-7-12(6,20(16)17)13(8-2,9-3)19-21(18)14(15,10-4)11-5/h15,20-21H,7-11H2,1-6H3,(H,16,17). The monoisotopic (exact) mass is 342 g/mol. The van der Waals surface area contributed by atoms with Crippen LogP contribution in [0.2, 0.25) is 0 Å². The summed E-state index contributed by atoms with van der Waals surface area (Å²) < 4.78 is 30.4. The molecule has 2 N–H and O–H groups in total. The Kier molecular flexibility index (Phi) is 8.40. The Balaban J connectivity index is 5.71. The van der Waals surface area contributed by atoms with Crippen molar-refractivity contribution in [2.75, 3.05) is 0 Å². The Morgan fingerprint density at radius 1 is 0.905 bits per heavy atom. The molecule has 0 spiro atoms. The second-order valence-electron chi connectivity index (χ2n) is 5.82. The zero-order valence-electron chi connectivity index (χ0n) is 14.2. The van der Waals surface area contributed by atoms with Gasteiger partial charge in [0.15, 0.2) is 8.03 Å². The first-order valence-corrected chi connectivity index (χ1v) is 10.5. The molecule has 0 amide bonds. The van der Waals surface area contributed by atoms with Crippen LogP contribution in [0.5, 0.6) is 0 Å². The molecule has 3 atom stereocenters. The molecule has 0 fully saturated rings. The highest BCUT2D eigenvalue weighted by Crippen LogP contribution is 2.57. The molecule has 128 valence electrons. The lowest BCUT2D eigenvalue weighted by molar-refractivity contribution is 0.00397. The van der Waals surface area contributed by atoms with E-state index in [0.29, 0.717) is 32.1 Å². The van der Waals surface area contributed by atoms with Gasteiger partial charge in [-0.25, -0.2) is 0 Å². The van der Waals surface area contributed by atoms with Crippen molar-refractivity contribution in [3.63, 3.8) is 0 Å². The van der Waals surface area contributed by atoms with E-state index in [9.17, 15) is 19.1 Å². The predicted molar refractivity (Wildman–Crippen MR) is 88.8 cm³/mol. The van der Waals surface area contributed by atoms with Gasteiger partial charge in [-0.1, -0.05) is 34.6 Å². The fourth-order valence-corrected chi connectivity index (χ4v) is 5.60. The minimum absolute atomic E-state index is 0.335. The average Bonchev–Trinajstić information content (AvgIpc) is 2.50. The quantitative estimate of drug-likeness (QED) is 0.582. The van der Waals surface area contributed by atoms with Gasteiger partial charge in [-0.15, -0.1) is 0 Å². The lowest BCUT2D eigenvalue weighted by atomic mass is 9.81. The Hall–Kier alpha value is 0.340. The van der Waals surface area contributed by atoms with E-state index in [1.54, 1.807) is 20.8 Å². The molecule has 3 unspecified atom stereocenters. The molecule has 0 aromatic carbocycles. The van der Waals surface area contributed by atoms with Gasteiger partial charge in [-0.05, 0) is 39.0 Å². The van der Waals surface area contributed by atoms with Crippen LogP contribution in [-0.4, -0.2) is 26.1 Å². The smallest absolute Gasteiger partial charge is 0.222 e. The van der Waals surface area contributed by atoms with E-state index in [1.807, 2.05) is 20.8 Å². The minimum Gasteiger partial charge on any atom is -0.380 e. The Bertz CT molecular complexity index is 378. The number of aliphatic hydroxyl groups is 1. The van der Waals surface area contributed by atoms with Crippen molar-refractivity contribution in [3.05, 3.63) is 0 Å². The second-order valence-corrected chi connectivity index (χ2v) is 9.24. The highest BCUT2D eigenvalue weighted by Gasteiger charge is 2.52. The van der Waals surface area contributed by atoms with Crippen LogP contribution in [0.1, 0.15) is 73.6 Å². The summed E-state index contributed by atoms with van der Waals surface area (Å²) in [5.41, 5.74) is -0.957. The molecule has 0 aliphatic rings. The summed E-state index contributed by atoms with van der Waals surface area (Å²) in [6.07, 6.45) is 2.08. The first-order chi connectivity index (χ1) is 9.62. The van der Waals surface area contributed by atoms with E-state index in [0.717, 1.165) is 0 Å². The summed E-state index contributed by atoms with van der Waals surface area (Å²) in [7, 11) is -5.65. The maximum Gasteiger partial charge on any atom is 0.222 e. The molecule has 0 aromatic heterocycles. The van der Waals surface area contributed by atoms with Crippen LogP contribution < -0.4 is 0 Å². The molecule has 0 saturated heterocycles. The molecular formula is C14H32O5P2. The Morgan fingerprint density at radius 3 is 1.57 bits per heavy atom. The van der Waals surface area contributed by atoms with Crippen LogP contribution in [0.15, 0.2) is 0 Å². The third kappa shape index (κ3) is 4.00. The molecule has 0 aliphatic carbocycles. The molecule has 5 nitrogen and oxygen atoms in total. The molecule has 0 aliphatic heterocycles. The van der Waals surface area contributed by atoms with E-state index in [4.69, 9.17) is 4.52 Å². The summed E-state index contributed by atoms with van der Waals surface area (Å²) in [6.45, 7) is 10.8. The van der Waals surface area contributed by atoms with Crippen LogP contribution in [-0.2, 0) is 13.7 Å². The van der Waals surface area contributed by atoms with Gasteiger partial charge >= 0.3 is 0 Å². The van der Waals surface area contributed by atoms with Crippen LogP contribution in [0.3, 0.4) is 0 Å². The predicted octanol–water partition coefficient (Wildman–Crippen LogP) is 4.18. The lowest BCUT2D eigenvalue weighted by Crippen LogP contribution is -2.50. The van der Waals surface area contributed by atoms with Crippen molar-refractivity contribution < 1.29 is 23.7 Å². The molecule has 0 rings (SSSR count). The third-order valence-corrected chi connectivity index (χ3v) is 8.96. The Labute approximate surface area is 130 Å². The summed E-state index contributed by atoms with van der Waals surface area (Å²) in [4.78, 5) is 9.81. The van der Waals surface area contributed by atoms with Crippen molar-refractivity contribution in [1.29, 1.82) is 0 Å². The fraction of sp³-hybridized carbons (Fsp3) is 1.00. The minimum atomic E-state index is -2.89. The van der Waals surface area contributed by atoms with Gasteiger partial charge in [-0.3, -0.25) is 9.13 Å². The third-order valence-electron chi connectivity index (χ3n) is 5.16. The number of hydrogen-bond donors (Lipinski definition) is 2. The van der Waals surface area contributed by atoms with E-state index in [-0.39, 0.29) is 0 Å². The Morgan fingerprint density at radius 2 is 1.33 bits per heavy atom. The van der Waals surface area contributed by atoms with Crippen LogP contribution >= 0.6 is 16.1 Å². The molecule has 0 heterocycles. The number of rotatable bonds is 10. The fourth-order valence-electron chi connectivity index (χ4n) is 2.77. The summed E-state index contributed by atoms with van der Waals surface area (Å²) in [6, 6.07) is 0. The molecule has 0 aromatic rings. The summed E-state index contributed by atoms with van der Waals surface area (Å²) in [5.74, 6) is 0. The van der Waals surface area contributed by atoms with Gasteiger partial charge in [-0.2, -0.15) is 0 Å². The molecule has 7 heteroatoms. The van der Waals surface area contributed by atoms with Gasteiger partial charge in [0.05, 0.1) is 10.8 Å². The van der Waals surface area contributed by atoms with Gasteiger partial charge in [0, 0.05) is 0 Å². The molecule has 21 heavy (non-hydrogen) atoms. The van der Waals surface area contributed by atoms with E-state index in [2.05, 4.69) is 0 Å². The van der Waals surface area contributed by atoms with E-state index >= 15 is 0 Å². The topological polar surface area (TPSA) is 83.8 Å². The number of hydrogen-bond acceptors (Lipinski definition) is 4. The molecule has 0 radical (unpaired) electrons. The maximum absolute atomic E-state index is 12.6. The van der Waals surface area contributed by atoms with Crippen molar-refractivity contribution in [3.8, 4) is 0 Å². The van der Waals surface area contributed by atoms with Crippen LogP contribution in [0.25, 0.3) is 0 Å².